The SMILES string of the molecule is CC1[C-]=CC(C(C)(C)C)=C1.Cc1[c-]c2c(cc1C(C)(C)C)-c1cc(C(C)(C)C)c(C)cc1C2.[Cl-].[Cl-].[Zr+2]=[C](c1ccccc1)c1ccccc1. The molecule has 0 heterocycles. The molecule has 1 atom stereocenters. The zero-order valence-corrected chi connectivity index (χ0v) is 35.7. The third kappa shape index (κ3) is 11.1. The van der Waals surface area contributed by atoms with Crippen LogP contribution in [-0.2, 0) is 41.5 Å². The quantitative estimate of drug-likeness (QED) is 0.192. The van der Waals surface area contributed by atoms with Gasteiger partial charge in [0, 0.05) is 0 Å². The summed E-state index contributed by atoms with van der Waals surface area (Å²) in [5.74, 6) is 0.522. The van der Waals surface area contributed by atoms with Crippen LogP contribution in [0.15, 0.2) is 96.6 Å². The van der Waals surface area contributed by atoms with Gasteiger partial charge in [-0.1, -0.05) is 111 Å². The van der Waals surface area contributed by atoms with Gasteiger partial charge in [-0.25, -0.2) is 6.08 Å². The van der Waals surface area contributed by atoms with Gasteiger partial charge in [-0.05, 0) is 35.4 Å². The summed E-state index contributed by atoms with van der Waals surface area (Å²) in [4.78, 5) is 0. The molecule has 0 bridgehead atoms. The van der Waals surface area contributed by atoms with E-state index in [2.05, 4.69) is 186 Å². The van der Waals surface area contributed by atoms with E-state index in [-0.39, 0.29) is 35.6 Å². The molecule has 0 aromatic heterocycles. The van der Waals surface area contributed by atoms with Gasteiger partial charge in [-0.15, -0.1) is 16.7 Å². The molecule has 4 aromatic carbocycles. The fraction of sp³-hybridized carbons (Fsp3) is 0.370. The van der Waals surface area contributed by atoms with Crippen LogP contribution < -0.4 is 24.8 Å². The van der Waals surface area contributed by atoms with Crippen molar-refractivity contribution in [1.29, 1.82) is 0 Å². The van der Waals surface area contributed by atoms with Crippen molar-refractivity contribution in [2.45, 2.75) is 100 Å². The average Bonchev–Trinajstić information content (AvgIpc) is 3.59. The van der Waals surface area contributed by atoms with Crippen molar-refractivity contribution in [3.8, 4) is 11.1 Å². The average molecular weight is 769 g/mol. The molecule has 0 amide bonds. The summed E-state index contributed by atoms with van der Waals surface area (Å²) in [7, 11) is 0. The summed E-state index contributed by atoms with van der Waals surface area (Å²) in [6, 6.07) is 32.1. The van der Waals surface area contributed by atoms with Gasteiger partial charge < -0.3 is 24.8 Å². The van der Waals surface area contributed by atoms with Crippen molar-refractivity contribution in [3.63, 3.8) is 0 Å². The standard InChI is InChI=1S/C23H29.C13H10.C10H15.2ClH.Zr/c1-14-9-16-11-17-10-15(2)21(23(6,7)8)13-19(17)18(16)12-20(14)22(3,4)5;1-3-7-12(8-4-1)11-13-9-5-2-6-10-13;1-8-5-6-9(7-8)10(2,3)4;;;/h9,12-13H,11H2,1-8H3;1-10H;6-8H,1-4H3;2*1H;/q-1;;-1;;;+2/p-2. The molecule has 2 aliphatic carbocycles. The molecule has 0 N–H and O–H groups in total. The molecule has 0 aliphatic heterocycles. The molecule has 0 fully saturated rings. The predicted octanol–water partition coefficient (Wildman–Crippen LogP) is 6.05. The summed E-state index contributed by atoms with van der Waals surface area (Å²) in [5, 5.41) is 0. The summed E-state index contributed by atoms with van der Waals surface area (Å²) in [5.41, 5.74) is 16.0. The molecule has 0 radical (unpaired) electrons. The predicted molar refractivity (Wildman–Crippen MR) is 201 cm³/mol. The van der Waals surface area contributed by atoms with E-state index in [1.165, 1.54) is 88.6 Å². The first-order valence-electron chi connectivity index (χ1n) is 17.1. The van der Waals surface area contributed by atoms with E-state index in [0.29, 0.717) is 11.3 Å². The molecule has 0 nitrogen and oxygen atoms in total. The van der Waals surface area contributed by atoms with Crippen LogP contribution in [0, 0.1) is 37.3 Å². The Labute approximate surface area is 326 Å². The van der Waals surface area contributed by atoms with Crippen LogP contribution in [0.25, 0.3) is 11.1 Å². The molecular formula is C46H54Cl2Zr-2. The van der Waals surface area contributed by atoms with E-state index in [1.807, 2.05) is 0 Å². The van der Waals surface area contributed by atoms with E-state index in [9.17, 15) is 0 Å². The van der Waals surface area contributed by atoms with Crippen molar-refractivity contribution >= 4 is 3.21 Å². The van der Waals surface area contributed by atoms with Crippen LogP contribution in [0.2, 0.25) is 0 Å². The third-order valence-corrected chi connectivity index (χ3v) is 10.4. The normalized spacial score (nSPS) is 14.5. The van der Waals surface area contributed by atoms with Crippen LogP contribution in [0.5, 0.6) is 0 Å². The second-order valence-corrected chi connectivity index (χ2v) is 17.5. The van der Waals surface area contributed by atoms with E-state index in [1.54, 1.807) is 0 Å². The van der Waals surface area contributed by atoms with Crippen LogP contribution in [0.3, 0.4) is 0 Å². The Kier molecular flexibility index (Phi) is 15.1. The molecule has 4 aromatic rings. The van der Waals surface area contributed by atoms with Crippen molar-refractivity contribution < 1.29 is 49.0 Å². The second-order valence-electron chi connectivity index (χ2n) is 16.3. The molecule has 0 spiro atoms. The summed E-state index contributed by atoms with van der Waals surface area (Å²) in [6.45, 7) is 27.1. The summed E-state index contributed by atoms with van der Waals surface area (Å²) < 4.78 is 1.42. The topological polar surface area (TPSA) is 0 Å². The van der Waals surface area contributed by atoms with Crippen molar-refractivity contribution in [2.75, 3.05) is 0 Å². The van der Waals surface area contributed by atoms with Gasteiger partial charge in [-0.2, -0.15) is 29.3 Å². The molecule has 6 rings (SSSR count). The molecule has 0 saturated heterocycles. The Balaban J connectivity index is 0.000000274. The van der Waals surface area contributed by atoms with Gasteiger partial charge in [-0.3, -0.25) is 6.08 Å². The van der Waals surface area contributed by atoms with Gasteiger partial charge >= 0.3 is 99.2 Å². The Morgan fingerprint density at radius 2 is 1.16 bits per heavy atom. The zero-order chi connectivity index (χ0) is 34.7. The van der Waals surface area contributed by atoms with Gasteiger partial charge in [0.1, 0.15) is 0 Å². The van der Waals surface area contributed by atoms with Gasteiger partial charge in [0.2, 0.25) is 0 Å². The molecule has 3 heteroatoms. The number of aryl methyl sites for hydroxylation is 2. The number of hydrogen-bond acceptors (Lipinski definition) is 0. The first kappa shape index (κ1) is 42.9. The molecule has 1 unspecified atom stereocenters. The zero-order valence-electron chi connectivity index (χ0n) is 31.7. The number of benzene rings is 4. The van der Waals surface area contributed by atoms with E-state index >= 15 is 0 Å². The first-order chi connectivity index (χ1) is 21.9. The van der Waals surface area contributed by atoms with Crippen molar-refractivity contribution in [1.82, 2.24) is 0 Å². The monoisotopic (exact) mass is 766 g/mol. The molecular weight excluding hydrogens is 715 g/mol. The Morgan fingerprint density at radius 1 is 0.673 bits per heavy atom. The van der Waals surface area contributed by atoms with Gasteiger partial charge in [0.05, 0.1) is 0 Å². The molecule has 2 aliphatic rings. The minimum absolute atomic E-state index is 0. The van der Waals surface area contributed by atoms with Crippen LogP contribution in [-0.4, -0.2) is 3.21 Å². The van der Waals surface area contributed by atoms with Crippen LogP contribution >= 0.6 is 0 Å². The Bertz CT molecular complexity index is 1660. The molecule has 49 heavy (non-hydrogen) atoms. The molecule has 0 saturated carbocycles. The van der Waals surface area contributed by atoms with E-state index in [4.69, 9.17) is 0 Å². The summed E-state index contributed by atoms with van der Waals surface area (Å²) >= 11 is 1.46. The minimum atomic E-state index is 0. The fourth-order valence-electron chi connectivity index (χ4n) is 6.45. The van der Waals surface area contributed by atoms with E-state index < -0.39 is 0 Å². The third-order valence-electron chi connectivity index (χ3n) is 9.00. The van der Waals surface area contributed by atoms with Gasteiger partial charge in [0.15, 0.2) is 0 Å². The van der Waals surface area contributed by atoms with Gasteiger partial charge in [0.25, 0.3) is 0 Å². The number of halogens is 2. The van der Waals surface area contributed by atoms with Crippen molar-refractivity contribution in [3.05, 3.63) is 153 Å². The second kappa shape index (κ2) is 17.3. The Hall–Kier alpha value is -2.31. The fourth-order valence-corrected chi connectivity index (χ4v) is 7.27. The molecule has 258 valence electrons. The van der Waals surface area contributed by atoms with Crippen LogP contribution in [0.1, 0.15) is 114 Å². The Morgan fingerprint density at radius 3 is 1.57 bits per heavy atom. The summed E-state index contributed by atoms with van der Waals surface area (Å²) in [6.07, 6.45) is 8.68. The number of allylic oxidation sites excluding steroid dienone is 4. The number of hydrogen-bond donors (Lipinski definition) is 0. The van der Waals surface area contributed by atoms with Crippen molar-refractivity contribution in [2.24, 2.45) is 11.3 Å². The van der Waals surface area contributed by atoms with Crippen LogP contribution in [0.4, 0.5) is 0 Å². The number of rotatable bonds is 2. The first-order valence-corrected chi connectivity index (χ1v) is 18.3. The maximum absolute atomic E-state index is 3.69. The maximum atomic E-state index is 3.69. The van der Waals surface area contributed by atoms with E-state index in [0.717, 1.165) is 6.42 Å². The number of fused-ring (bicyclic) bond motifs is 3.